The number of para-hydroxylation sites is 1. The van der Waals surface area contributed by atoms with Crippen LogP contribution in [0.5, 0.6) is 0 Å². The summed E-state index contributed by atoms with van der Waals surface area (Å²) in [5, 5.41) is 6.28. The number of sulfonamides is 1. The molecule has 0 aliphatic carbocycles. The molecule has 0 saturated heterocycles. The summed E-state index contributed by atoms with van der Waals surface area (Å²) in [4.78, 5) is 14.6. The molecular weight excluding hydrogens is 442 g/mol. The van der Waals surface area contributed by atoms with Crippen LogP contribution < -0.4 is 5.14 Å². The van der Waals surface area contributed by atoms with Gasteiger partial charge in [0.2, 0.25) is 15.9 Å². The van der Waals surface area contributed by atoms with E-state index in [0.717, 1.165) is 21.1 Å². The molecule has 2 aromatic carbocycles. The summed E-state index contributed by atoms with van der Waals surface area (Å²) in [6.45, 7) is 4.01. The molecule has 28 heavy (non-hydrogen) atoms. The lowest BCUT2D eigenvalue weighted by atomic mass is 10.1. The van der Waals surface area contributed by atoms with Crippen molar-refractivity contribution < 1.29 is 13.2 Å². The first-order chi connectivity index (χ1) is 13.1. The van der Waals surface area contributed by atoms with Crippen molar-refractivity contribution in [3.63, 3.8) is 0 Å². The highest BCUT2D eigenvalue weighted by atomic mass is 79.9. The number of hydrogen-bond donors (Lipinski definition) is 1. The maximum atomic E-state index is 13.0. The molecule has 0 aliphatic heterocycles. The highest BCUT2D eigenvalue weighted by Crippen LogP contribution is 2.31. The number of fused-ring (bicyclic) bond motifs is 1. The number of aromatic nitrogens is 1. The smallest absolute Gasteiger partial charge is 0.242 e. The zero-order valence-electron chi connectivity index (χ0n) is 15.9. The molecule has 148 valence electrons. The molecule has 1 unspecified atom stereocenters. The van der Waals surface area contributed by atoms with Crippen molar-refractivity contribution >= 4 is 42.8 Å². The van der Waals surface area contributed by atoms with E-state index in [4.69, 9.17) is 5.14 Å². The van der Waals surface area contributed by atoms with Crippen molar-refractivity contribution in [2.75, 3.05) is 7.05 Å². The number of amides is 1. The topological polar surface area (TPSA) is 85.4 Å². The van der Waals surface area contributed by atoms with Gasteiger partial charge in [-0.1, -0.05) is 30.3 Å². The van der Waals surface area contributed by atoms with Gasteiger partial charge < -0.3 is 9.47 Å². The van der Waals surface area contributed by atoms with Crippen molar-refractivity contribution in [1.29, 1.82) is 0 Å². The molecule has 1 aromatic heterocycles. The first-order valence-corrected chi connectivity index (χ1v) is 11.1. The third-order valence-electron chi connectivity index (χ3n) is 5.09. The molecule has 0 spiro atoms. The molecule has 3 aromatic rings. The fourth-order valence-electron chi connectivity index (χ4n) is 3.23. The summed E-state index contributed by atoms with van der Waals surface area (Å²) in [5.74, 6) is -0.0788. The quantitative estimate of drug-likeness (QED) is 0.627. The van der Waals surface area contributed by atoms with Crippen LogP contribution in [-0.2, 0) is 21.4 Å². The Labute approximate surface area is 173 Å². The van der Waals surface area contributed by atoms with Gasteiger partial charge in [-0.15, -0.1) is 0 Å². The summed E-state index contributed by atoms with van der Waals surface area (Å²) in [7, 11) is -2.08. The van der Waals surface area contributed by atoms with Crippen LogP contribution in [0.1, 0.15) is 24.2 Å². The molecule has 0 saturated carbocycles. The molecule has 0 bridgehead atoms. The lowest BCUT2D eigenvalue weighted by Crippen LogP contribution is -2.33. The van der Waals surface area contributed by atoms with Gasteiger partial charge in [0, 0.05) is 28.1 Å². The normalized spacial score (nSPS) is 12.9. The van der Waals surface area contributed by atoms with Gasteiger partial charge in [0.15, 0.2) is 0 Å². The average Bonchev–Trinajstić information content (AvgIpc) is 2.91. The van der Waals surface area contributed by atoms with Gasteiger partial charge >= 0.3 is 0 Å². The minimum atomic E-state index is -3.79. The summed E-state index contributed by atoms with van der Waals surface area (Å²) >= 11 is 3.61. The van der Waals surface area contributed by atoms with Gasteiger partial charge in [0.05, 0.1) is 10.9 Å². The lowest BCUT2D eigenvalue weighted by Gasteiger charge is -2.26. The van der Waals surface area contributed by atoms with Gasteiger partial charge in [-0.2, -0.15) is 0 Å². The molecule has 1 heterocycles. The molecule has 0 fully saturated rings. The molecule has 0 radical (unpaired) electrons. The minimum absolute atomic E-state index is 0.0360. The predicted octanol–water partition coefficient (Wildman–Crippen LogP) is 3.58. The number of benzene rings is 2. The van der Waals surface area contributed by atoms with E-state index in [9.17, 15) is 13.2 Å². The Hall–Kier alpha value is -2.16. The van der Waals surface area contributed by atoms with Gasteiger partial charge in [0.1, 0.15) is 6.54 Å². The summed E-state index contributed by atoms with van der Waals surface area (Å²) in [5.41, 5.74) is 2.67. The predicted molar refractivity (Wildman–Crippen MR) is 113 cm³/mol. The Morgan fingerprint density at radius 3 is 2.57 bits per heavy atom. The van der Waals surface area contributed by atoms with E-state index in [-0.39, 0.29) is 23.4 Å². The Morgan fingerprint density at radius 1 is 1.21 bits per heavy atom. The molecule has 6 nitrogen and oxygen atoms in total. The van der Waals surface area contributed by atoms with Crippen molar-refractivity contribution in [2.24, 2.45) is 5.14 Å². The van der Waals surface area contributed by atoms with Crippen LogP contribution in [0.3, 0.4) is 0 Å². The maximum Gasteiger partial charge on any atom is 0.242 e. The fraction of sp³-hybridized carbons (Fsp3) is 0.250. The number of rotatable bonds is 5. The SMILES string of the molecule is Cc1c(Br)c2ccccc2n1CC(=O)N(C)C(C)c1cccc(S(N)(=O)=O)c1. The number of nitrogens with two attached hydrogens (primary N) is 1. The largest absolute Gasteiger partial charge is 0.337 e. The highest BCUT2D eigenvalue weighted by molar-refractivity contribution is 9.10. The van der Waals surface area contributed by atoms with E-state index in [0.29, 0.717) is 5.56 Å². The van der Waals surface area contributed by atoms with Gasteiger partial charge in [-0.25, -0.2) is 13.6 Å². The van der Waals surface area contributed by atoms with Gasteiger partial charge in [-0.3, -0.25) is 4.79 Å². The van der Waals surface area contributed by atoms with Crippen LogP contribution in [0.15, 0.2) is 57.9 Å². The summed E-state index contributed by atoms with van der Waals surface area (Å²) < 4.78 is 26.2. The van der Waals surface area contributed by atoms with Crippen molar-refractivity contribution in [2.45, 2.75) is 31.3 Å². The van der Waals surface area contributed by atoms with E-state index >= 15 is 0 Å². The van der Waals surface area contributed by atoms with E-state index in [1.54, 1.807) is 24.1 Å². The molecule has 8 heteroatoms. The standard InChI is InChI=1S/C20H22BrN3O3S/c1-13(15-7-6-8-16(11-15)28(22,26)27)23(3)19(25)12-24-14(2)20(21)17-9-4-5-10-18(17)24/h4-11,13H,12H2,1-3H3,(H2,22,26,27). The number of halogens is 1. The third-order valence-corrected chi connectivity index (χ3v) is 7.00. The third kappa shape index (κ3) is 3.85. The van der Waals surface area contributed by atoms with Crippen LogP contribution in [-0.4, -0.2) is 30.8 Å². The summed E-state index contributed by atoms with van der Waals surface area (Å²) in [6.07, 6.45) is 0. The van der Waals surface area contributed by atoms with E-state index in [2.05, 4.69) is 15.9 Å². The van der Waals surface area contributed by atoms with Crippen molar-refractivity contribution in [1.82, 2.24) is 9.47 Å². The number of carbonyl (C=O) groups is 1. The van der Waals surface area contributed by atoms with Crippen LogP contribution in [0.4, 0.5) is 0 Å². The Morgan fingerprint density at radius 2 is 1.89 bits per heavy atom. The molecule has 1 atom stereocenters. The number of hydrogen-bond acceptors (Lipinski definition) is 3. The lowest BCUT2D eigenvalue weighted by molar-refractivity contribution is -0.132. The number of likely N-dealkylation sites (N-methyl/N-ethyl adjacent to an activating group) is 1. The van der Waals surface area contributed by atoms with E-state index in [1.807, 2.05) is 42.7 Å². The molecule has 0 aliphatic rings. The van der Waals surface area contributed by atoms with Gasteiger partial charge in [0.25, 0.3) is 0 Å². The fourth-order valence-corrected chi connectivity index (χ4v) is 4.35. The van der Waals surface area contributed by atoms with Crippen molar-refractivity contribution in [3.8, 4) is 0 Å². The van der Waals surface area contributed by atoms with Crippen LogP contribution in [0.2, 0.25) is 0 Å². The van der Waals surface area contributed by atoms with Crippen molar-refractivity contribution in [3.05, 3.63) is 64.3 Å². The Kier molecular flexibility index (Phi) is 5.65. The number of carbonyl (C=O) groups excluding carboxylic acids is 1. The number of primary sulfonamides is 1. The average molecular weight is 464 g/mol. The second kappa shape index (κ2) is 7.69. The summed E-state index contributed by atoms with van der Waals surface area (Å²) in [6, 6.07) is 14.0. The second-order valence-electron chi connectivity index (χ2n) is 6.80. The van der Waals surface area contributed by atoms with E-state index < -0.39 is 10.0 Å². The zero-order chi connectivity index (χ0) is 20.6. The minimum Gasteiger partial charge on any atom is -0.337 e. The first-order valence-electron chi connectivity index (χ1n) is 8.73. The monoisotopic (exact) mass is 463 g/mol. The van der Waals surface area contributed by atoms with Crippen LogP contribution in [0, 0.1) is 6.92 Å². The van der Waals surface area contributed by atoms with Crippen LogP contribution >= 0.6 is 15.9 Å². The molecule has 3 rings (SSSR count). The Balaban J connectivity index is 1.87. The zero-order valence-corrected chi connectivity index (χ0v) is 18.3. The number of nitrogens with zero attached hydrogens (tertiary/aromatic N) is 2. The molecular formula is C20H22BrN3O3S. The molecule has 2 N–H and O–H groups in total. The highest BCUT2D eigenvalue weighted by Gasteiger charge is 2.21. The molecule has 1 amide bonds. The van der Waals surface area contributed by atoms with Crippen LogP contribution in [0.25, 0.3) is 10.9 Å². The second-order valence-corrected chi connectivity index (χ2v) is 9.16. The van der Waals surface area contributed by atoms with Gasteiger partial charge in [-0.05, 0) is 53.5 Å². The Bertz CT molecular complexity index is 1150. The first kappa shape index (κ1) is 20.6. The van der Waals surface area contributed by atoms with E-state index in [1.165, 1.54) is 12.1 Å². The maximum absolute atomic E-state index is 13.0.